The summed E-state index contributed by atoms with van der Waals surface area (Å²) in [5.41, 5.74) is 5.41. The summed E-state index contributed by atoms with van der Waals surface area (Å²) >= 11 is 0. The Labute approximate surface area is 114 Å². The van der Waals surface area contributed by atoms with Crippen molar-refractivity contribution in [1.82, 2.24) is 19.7 Å². The van der Waals surface area contributed by atoms with E-state index in [1.807, 2.05) is 11.8 Å². The van der Waals surface area contributed by atoms with E-state index in [9.17, 15) is 13.2 Å². The molecule has 2 heterocycles. The molecule has 0 radical (unpaired) electrons. The molecule has 1 aliphatic rings. The molecular formula is C11H17F3N6. The van der Waals surface area contributed by atoms with E-state index in [-0.39, 0.29) is 18.4 Å². The predicted molar refractivity (Wildman–Crippen MR) is 66.0 cm³/mol. The minimum absolute atomic E-state index is 0.0484. The number of amidine groups is 1. The van der Waals surface area contributed by atoms with Gasteiger partial charge in [-0.25, -0.2) is 0 Å². The third-order valence-electron chi connectivity index (χ3n) is 3.48. The van der Waals surface area contributed by atoms with Gasteiger partial charge in [0.2, 0.25) is 5.82 Å². The van der Waals surface area contributed by atoms with Crippen LogP contribution in [-0.4, -0.2) is 38.1 Å². The van der Waals surface area contributed by atoms with Gasteiger partial charge in [-0.05, 0) is 6.42 Å². The van der Waals surface area contributed by atoms with Gasteiger partial charge in [0.15, 0.2) is 0 Å². The average Bonchev–Trinajstić information content (AvgIpc) is 2.78. The van der Waals surface area contributed by atoms with Crippen molar-refractivity contribution in [1.29, 1.82) is 5.41 Å². The zero-order valence-corrected chi connectivity index (χ0v) is 11.1. The van der Waals surface area contributed by atoms with Crippen LogP contribution < -0.4 is 5.73 Å². The van der Waals surface area contributed by atoms with E-state index in [2.05, 4.69) is 10.2 Å². The van der Waals surface area contributed by atoms with Gasteiger partial charge in [0.25, 0.3) is 0 Å². The van der Waals surface area contributed by atoms with Gasteiger partial charge in [0.1, 0.15) is 5.82 Å². The Morgan fingerprint density at radius 2 is 2.10 bits per heavy atom. The fraction of sp³-hybridized carbons (Fsp3) is 0.727. The first-order valence-electron chi connectivity index (χ1n) is 6.39. The van der Waals surface area contributed by atoms with E-state index in [0.717, 1.165) is 11.0 Å². The molecule has 3 N–H and O–H groups in total. The number of rotatable bonds is 4. The van der Waals surface area contributed by atoms with Crippen molar-refractivity contribution >= 4 is 5.84 Å². The maximum Gasteiger partial charge on any atom is 0.451 e. The molecule has 1 unspecified atom stereocenters. The number of nitrogens with zero attached hydrogens (tertiary/aromatic N) is 4. The number of nitrogens with one attached hydrogen (secondary N) is 1. The number of aromatic nitrogens is 3. The molecule has 6 nitrogen and oxygen atoms in total. The van der Waals surface area contributed by atoms with E-state index in [1.54, 1.807) is 0 Å². The maximum atomic E-state index is 12.7. The monoisotopic (exact) mass is 290 g/mol. The molecule has 0 aliphatic carbocycles. The van der Waals surface area contributed by atoms with Gasteiger partial charge >= 0.3 is 6.18 Å². The standard InChI is InChI=1S/C11H17F3N6/c1-2-7(5-8(15)16)19-3-4-20-9(6-19)17-18-10(20)11(12,13)14/h7H,2-6H2,1H3,(H3,15,16). The summed E-state index contributed by atoms with van der Waals surface area (Å²) < 4.78 is 39.3. The highest BCUT2D eigenvalue weighted by molar-refractivity contribution is 5.77. The molecule has 1 aromatic rings. The highest BCUT2D eigenvalue weighted by Crippen LogP contribution is 2.30. The third kappa shape index (κ3) is 2.92. The molecular weight excluding hydrogens is 273 g/mol. The Morgan fingerprint density at radius 3 is 2.65 bits per heavy atom. The lowest BCUT2D eigenvalue weighted by atomic mass is 10.1. The zero-order valence-electron chi connectivity index (χ0n) is 11.1. The van der Waals surface area contributed by atoms with Crippen LogP contribution in [-0.2, 0) is 19.3 Å². The van der Waals surface area contributed by atoms with Crippen molar-refractivity contribution in [3.63, 3.8) is 0 Å². The summed E-state index contributed by atoms with van der Waals surface area (Å²) in [7, 11) is 0. The molecule has 0 saturated heterocycles. The van der Waals surface area contributed by atoms with Crippen molar-refractivity contribution in [2.75, 3.05) is 6.54 Å². The van der Waals surface area contributed by atoms with Crippen LogP contribution in [0.5, 0.6) is 0 Å². The molecule has 112 valence electrons. The number of alkyl halides is 3. The molecule has 1 aliphatic heterocycles. The van der Waals surface area contributed by atoms with Crippen molar-refractivity contribution < 1.29 is 13.2 Å². The quantitative estimate of drug-likeness (QED) is 0.645. The second-order valence-electron chi connectivity index (χ2n) is 4.85. The minimum atomic E-state index is -4.48. The minimum Gasteiger partial charge on any atom is -0.388 e. The first-order chi connectivity index (χ1) is 9.32. The van der Waals surface area contributed by atoms with Gasteiger partial charge in [-0.1, -0.05) is 6.92 Å². The van der Waals surface area contributed by atoms with E-state index >= 15 is 0 Å². The van der Waals surface area contributed by atoms with Crippen molar-refractivity contribution in [2.45, 2.75) is 45.1 Å². The SMILES string of the molecule is CCC(CC(=N)N)N1CCn2c(nnc2C(F)(F)F)C1. The van der Waals surface area contributed by atoms with Crippen LogP contribution in [0, 0.1) is 5.41 Å². The number of halogens is 3. The van der Waals surface area contributed by atoms with Gasteiger partial charge in [0, 0.05) is 25.6 Å². The normalized spacial score (nSPS) is 17.8. The van der Waals surface area contributed by atoms with Crippen molar-refractivity contribution in [2.24, 2.45) is 5.73 Å². The van der Waals surface area contributed by atoms with Crippen molar-refractivity contribution in [3.05, 3.63) is 11.6 Å². The van der Waals surface area contributed by atoms with Crippen LogP contribution in [0.2, 0.25) is 0 Å². The summed E-state index contributed by atoms with van der Waals surface area (Å²) in [6.07, 6.45) is -3.28. The average molecular weight is 290 g/mol. The van der Waals surface area contributed by atoms with Gasteiger partial charge < -0.3 is 10.3 Å². The van der Waals surface area contributed by atoms with Crippen LogP contribution in [0.15, 0.2) is 0 Å². The molecule has 0 bridgehead atoms. The lowest BCUT2D eigenvalue weighted by Gasteiger charge is -2.34. The van der Waals surface area contributed by atoms with E-state index in [1.165, 1.54) is 0 Å². The van der Waals surface area contributed by atoms with Gasteiger partial charge in [0.05, 0.1) is 12.4 Å². The maximum absolute atomic E-state index is 12.7. The smallest absolute Gasteiger partial charge is 0.388 e. The molecule has 0 spiro atoms. The molecule has 9 heteroatoms. The highest BCUT2D eigenvalue weighted by atomic mass is 19.4. The Balaban J connectivity index is 2.16. The predicted octanol–water partition coefficient (Wildman–Crippen LogP) is 1.22. The van der Waals surface area contributed by atoms with Gasteiger partial charge in [-0.3, -0.25) is 10.3 Å². The molecule has 2 rings (SSSR count). The number of fused-ring (bicyclic) bond motifs is 1. The zero-order chi connectivity index (χ0) is 14.9. The number of nitrogens with two attached hydrogens (primary N) is 1. The summed E-state index contributed by atoms with van der Waals surface area (Å²) in [6.45, 7) is 2.94. The third-order valence-corrected chi connectivity index (χ3v) is 3.48. The van der Waals surface area contributed by atoms with Crippen LogP contribution >= 0.6 is 0 Å². The molecule has 0 fully saturated rings. The molecule has 0 saturated carbocycles. The second-order valence-corrected chi connectivity index (χ2v) is 4.85. The second kappa shape index (κ2) is 5.39. The number of hydrogen-bond donors (Lipinski definition) is 2. The van der Waals surface area contributed by atoms with Gasteiger partial charge in [-0.15, -0.1) is 10.2 Å². The highest BCUT2D eigenvalue weighted by Gasteiger charge is 2.39. The van der Waals surface area contributed by atoms with E-state index in [0.29, 0.717) is 25.3 Å². The molecule has 1 atom stereocenters. The molecule has 20 heavy (non-hydrogen) atoms. The van der Waals surface area contributed by atoms with Crippen LogP contribution in [0.25, 0.3) is 0 Å². The Kier molecular flexibility index (Phi) is 3.98. The molecule has 0 amide bonds. The Morgan fingerprint density at radius 1 is 1.40 bits per heavy atom. The first-order valence-corrected chi connectivity index (χ1v) is 6.39. The molecule has 0 aromatic carbocycles. The fourth-order valence-corrected chi connectivity index (χ4v) is 2.48. The van der Waals surface area contributed by atoms with Crippen LogP contribution in [0.3, 0.4) is 0 Å². The van der Waals surface area contributed by atoms with Crippen LogP contribution in [0.1, 0.15) is 31.4 Å². The summed E-state index contributed by atoms with van der Waals surface area (Å²) in [4.78, 5) is 2.01. The lowest BCUT2D eigenvalue weighted by Crippen LogP contribution is -2.43. The topological polar surface area (TPSA) is 83.8 Å². The molecule has 1 aromatic heterocycles. The first kappa shape index (κ1) is 14.8. The lowest BCUT2D eigenvalue weighted by molar-refractivity contribution is -0.148. The summed E-state index contributed by atoms with van der Waals surface area (Å²) in [5, 5.41) is 14.2. The Hall–Kier alpha value is -1.64. The summed E-state index contributed by atoms with van der Waals surface area (Å²) in [6, 6.07) is 0.0484. The number of hydrogen-bond acceptors (Lipinski definition) is 4. The van der Waals surface area contributed by atoms with E-state index in [4.69, 9.17) is 11.1 Å². The van der Waals surface area contributed by atoms with E-state index < -0.39 is 12.0 Å². The summed E-state index contributed by atoms with van der Waals surface area (Å²) in [5.74, 6) is -0.544. The van der Waals surface area contributed by atoms with Gasteiger partial charge in [-0.2, -0.15) is 13.2 Å². The Bertz CT molecular complexity index is 495. The van der Waals surface area contributed by atoms with Crippen molar-refractivity contribution in [3.8, 4) is 0 Å². The van der Waals surface area contributed by atoms with Crippen LogP contribution in [0.4, 0.5) is 13.2 Å². The largest absolute Gasteiger partial charge is 0.451 e. The fourth-order valence-electron chi connectivity index (χ4n) is 2.48.